The van der Waals surface area contributed by atoms with Gasteiger partial charge in [-0.1, -0.05) is 23.4 Å². The molecule has 0 saturated carbocycles. The molecule has 26 heavy (non-hydrogen) atoms. The lowest BCUT2D eigenvalue weighted by atomic mass is 10.2. The van der Waals surface area contributed by atoms with Gasteiger partial charge in [0.2, 0.25) is 0 Å². The van der Waals surface area contributed by atoms with E-state index in [4.69, 9.17) is 4.74 Å². The maximum absolute atomic E-state index is 13.0. The number of rotatable bonds is 5. The highest BCUT2D eigenvalue weighted by Gasteiger charge is 2.21. The van der Waals surface area contributed by atoms with Gasteiger partial charge in [-0.25, -0.2) is 9.07 Å². The minimum absolute atomic E-state index is 0.249. The van der Waals surface area contributed by atoms with Gasteiger partial charge in [0.25, 0.3) is 5.91 Å². The molecular weight excluding hydrogens is 335 g/mol. The lowest BCUT2D eigenvalue weighted by Gasteiger charge is -2.16. The topological polar surface area (TPSA) is 60.2 Å². The molecule has 0 spiro atoms. The van der Waals surface area contributed by atoms with Crippen LogP contribution in [0, 0.1) is 12.7 Å². The van der Waals surface area contributed by atoms with E-state index >= 15 is 0 Å². The van der Waals surface area contributed by atoms with Crippen molar-refractivity contribution in [1.82, 2.24) is 19.9 Å². The van der Waals surface area contributed by atoms with Crippen LogP contribution in [0.4, 0.5) is 4.39 Å². The Kier molecular flexibility index (Phi) is 4.97. The molecule has 0 fully saturated rings. The molecule has 0 aliphatic rings. The van der Waals surface area contributed by atoms with Gasteiger partial charge >= 0.3 is 0 Å². The van der Waals surface area contributed by atoms with Crippen LogP contribution in [0.15, 0.2) is 48.5 Å². The summed E-state index contributed by atoms with van der Waals surface area (Å²) < 4.78 is 19.8. The molecule has 3 aromatic rings. The Morgan fingerprint density at radius 3 is 2.65 bits per heavy atom. The number of aromatic nitrogens is 3. The number of hydrogen-bond donors (Lipinski definition) is 0. The zero-order valence-corrected chi connectivity index (χ0v) is 14.8. The van der Waals surface area contributed by atoms with Crippen molar-refractivity contribution in [3.05, 3.63) is 71.3 Å². The number of amides is 1. The molecule has 0 unspecified atom stereocenters. The normalized spacial score (nSPS) is 10.6. The van der Waals surface area contributed by atoms with Gasteiger partial charge < -0.3 is 9.64 Å². The Hall–Kier alpha value is -3.22. The van der Waals surface area contributed by atoms with Crippen LogP contribution in [-0.4, -0.2) is 40.0 Å². The standard InChI is InChI=1S/C19H19FN4O2/c1-13-18(19(25)23(2)12-14-7-9-15(20)10-8-14)21-22-24(13)16-5-4-6-17(11-16)26-3/h4-11H,12H2,1-3H3. The molecule has 0 saturated heterocycles. The number of carbonyl (C=O) groups excluding carboxylic acids is 1. The van der Waals surface area contributed by atoms with Gasteiger partial charge in [0, 0.05) is 19.7 Å². The molecule has 0 N–H and O–H groups in total. The average Bonchev–Trinajstić information content (AvgIpc) is 3.04. The van der Waals surface area contributed by atoms with Gasteiger partial charge in [-0.15, -0.1) is 5.10 Å². The predicted molar refractivity (Wildman–Crippen MR) is 94.8 cm³/mol. The summed E-state index contributed by atoms with van der Waals surface area (Å²) in [6, 6.07) is 13.4. The SMILES string of the molecule is COc1cccc(-n2nnc(C(=O)N(C)Cc3ccc(F)cc3)c2C)c1. The van der Waals surface area contributed by atoms with Crippen LogP contribution in [0.1, 0.15) is 21.7 Å². The summed E-state index contributed by atoms with van der Waals surface area (Å²) in [4.78, 5) is 14.2. The van der Waals surface area contributed by atoms with Crippen LogP contribution in [0.2, 0.25) is 0 Å². The highest BCUT2D eigenvalue weighted by molar-refractivity contribution is 5.93. The third kappa shape index (κ3) is 3.56. The van der Waals surface area contributed by atoms with Crippen molar-refractivity contribution >= 4 is 5.91 Å². The van der Waals surface area contributed by atoms with Crippen LogP contribution in [0.3, 0.4) is 0 Å². The number of hydrogen-bond acceptors (Lipinski definition) is 4. The van der Waals surface area contributed by atoms with Crippen molar-refractivity contribution in [2.45, 2.75) is 13.5 Å². The molecule has 0 atom stereocenters. The van der Waals surface area contributed by atoms with E-state index in [2.05, 4.69) is 10.3 Å². The number of ether oxygens (including phenoxy) is 1. The number of halogens is 1. The third-order valence-corrected chi connectivity index (χ3v) is 4.07. The van der Waals surface area contributed by atoms with Gasteiger partial charge in [0.05, 0.1) is 18.5 Å². The third-order valence-electron chi connectivity index (χ3n) is 4.07. The van der Waals surface area contributed by atoms with E-state index < -0.39 is 0 Å². The molecule has 2 aromatic carbocycles. The zero-order chi connectivity index (χ0) is 18.7. The molecule has 1 heterocycles. The van der Waals surface area contributed by atoms with Crippen molar-refractivity contribution in [3.8, 4) is 11.4 Å². The largest absolute Gasteiger partial charge is 0.497 e. The first-order valence-electron chi connectivity index (χ1n) is 8.06. The lowest BCUT2D eigenvalue weighted by molar-refractivity contribution is 0.0778. The summed E-state index contributed by atoms with van der Waals surface area (Å²) in [5, 5.41) is 8.14. The quantitative estimate of drug-likeness (QED) is 0.707. The summed E-state index contributed by atoms with van der Waals surface area (Å²) in [6.45, 7) is 2.14. The van der Waals surface area contributed by atoms with Crippen LogP contribution in [-0.2, 0) is 6.54 Å². The Labute approximate surface area is 150 Å². The average molecular weight is 354 g/mol. The van der Waals surface area contributed by atoms with Crippen molar-refractivity contribution in [1.29, 1.82) is 0 Å². The molecular formula is C19H19FN4O2. The van der Waals surface area contributed by atoms with Crippen LogP contribution in [0.5, 0.6) is 5.75 Å². The molecule has 0 aliphatic carbocycles. The summed E-state index contributed by atoms with van der Waals surface area (Å²) >= 11 is 0. The van der Waals surface area contributed by atoms with Gasteiger partial charge in [-0.3, -0.25) is 4.79 Å². The molecule has 1 aromatic heterocycles. The van der Waals surface area contributed by atoms with E-state index in [-0.39, 0.29) is 17.4 Å². The molecule has 0 bridgehead atoms. The maximum atomic E-state index is 13.0. The second kappa shape index (κ2) is 7.35. The van der Waals surface area contributed by atoms with Crippen molar-refractivity contribution in [2.75, 3.05) is 14.2 Å². The molecule has 6 nitrogen and oxygen atoms in total. The molecule has 0 radical (unpaired) electrons. The molecule has 7 heteroatoms. The zero-order valence-electron chi connectivity index (χ0n) is 14.8. The fraction of sp³-hybridized carbons (Fsp3) is 0.211. The Morgan fingerprint density at radius 2 is 1.96 bits per heavy atom. The summed E-state index contributed by atoms with van der Waals surface area (Å²) in [7, 11) is 3.27. The van der Waals surface area contributed by atoms with E-state index in [9.17, 15) is 9.18 Å². The van der Waals surface area contributed by atoms with E-state index in [0.29, 0.717) is 18.0 Å². The van der Waals surface area contributed by atoms with Gasteiger partial charge in [0.15, 0.2) is 5.69 Å². The van der Waals surface area contributed by atoms with Crippen molar-refractivity contribution in [3.63, 3.8) is 0 Å². The van der Waals surface area contributed by atoms with Gasteiger partial charge in [-0.05, 0) is 36.8 Å². The van der Waals surface area contributed by atoms with Gasteiger partial charge in [-0.2, -0.15) is 0 Å². The Bertz CT molecular complexity index is 922. The Balaban J connectivity index is 1.81. The Morgan fingerprint density at radius 1 is 1.23 bits per heavy atom. The minimum Gasteiger partial charge on any atom is -0.497 e. The second-order valence-electron chi connectivity index (χ2n) is 5.92. The molecule has 0 aliphatic heterocycles. The molecule has 134 valence electrons. The van der Waals surface area contributed by atoms with Crippen molar-refractivity contribution < 1.29 is 13.9 Å². The first kappa shape index (κ1) is 17.6. The fourth-order valence-corrected chi connectivity index (χ4v) is 2.63. The van der Waals surface area contributed by atoms with Gasteiger partial charge in [0.1, 0.15) is 11.6 Å². The van der Waals surface area contributed by atoms with Crippen LogP contribution >= 0.6 is 0 Å². The maximum Gasteiger partial charge on any atom is 0.276 e. The van der Waals surface area contributed by atoms with E-state index in [1.54, 1.807) is 37.9 Å². The molecule has 3 rings (SSSR count). The number of methoxy groups -OCH3 is 1. The number of benzene rings is 2. The van der Waals surface area contributed by atoms with Crippen molar-refractivity contribution in [2.24, 2.45) is 0 Å². The highest BCUT2D eigenvalue weighted by atomic mass is 19.1. The second-order valence-corrected chi connectivity index (χ2v) is 5.92. The summed E-state index contributed by atoms with van der Waals surface area (Å²) in [5.41, 5.74) is 2.50. The predicted octanol–water partition coefficient (Wildman–Crippen LogP) is 3.00. The lowest BCUT2D eigenvalue weighted by Crippen LogP contribution is -2.27. The van der Waals surface area contributed by atoms with E-state index in [1.165, 1.54) is 17.0 Å². The summed E-state index contributed by atoms with van der Waals surface area (Å²) in [6.07, 6.45) is 0. The van der Waals surface area contributed by atoms with E-state index in [0.717, 1.165) is 11.3 Å². The van der Waals surface area contributed by atoms with E-state index in [1.807, 2.05) is 24.3 Å². The van der Waals surface area contributed by atoms with Crippen LogP contribution < -0.4 is 4.74 Å². The minimum atomic E-state index is -0.306. The smallest absolute Gasteiger partial charge is 0.276 e. The highest BCUT2D eigenvalue weighted by Crippen LogP contribution is 2.19. The molecule has 1 amide bonds. The number of nitrogens with zero attached hydrogens (tertiary/aromatic N) is 4. The first-order valence-corrected chi connectivity index (χ1v) is 8.06. The monoisotopic (exact) mass is 354 g/mol. The van der Waals surface area contributed by atoms with Crippen LogP contribution in [0.25, 0.3) is 5.69 Å². The number of carbonyl (C=O) groups is 1. The fourth-order valence-electron chi connectivity index (χ4n) is 2.63. The summed E-state index contributed by atoms with van der Waals surface area (Å²) in [5.74, 6) is 0.138. The first-order chi connectivity index (χ1) is 12.5.